The predicted octanol–water partition coefficient (Wildman–Crippen LogP) is 9.28. The third-order valence-corrected chi connectivity index (χ3v) is 15.3. The summed E-state index contributed by atoms with van der Waals surface area (Å²) < 4.78 is 0. The predicted molar refractivity (Wildman–Crippen MR) is 151 cm³/mol. The van der Waals surface area contributed by atoms with Crippen LogP contribution >= 0.6 is 17.2 Å². The van der Waals surface area contributed by atoms with Gasteiger partial charge in [-0.1, -0.05) is 39.0 Å². The van der Waals surface area contributed by atoms with E-state index in [4.69, 9.17) is 0 Å². The van der Waals surface area contributed by atoms with E-state index in [0.29, 0.717) is 0 Å². The van der Waals surface area contributed by atoms with Crippen LogP contribution in [0, 0.1) is 35.5 Å². The van der Waals surface area contributed by atoms with Gasteiger partial charge >= 0.3 is 0 Å². The van der Waals surface area contributed by atoms with Gasteiger partial charge in [-0.25, -0.2) is 0 Å². The maximum absolute atomic E-state index is 2.67. The molecule has 1 aromatic carbocycles. The summed E-state index contributed by atoms with van der Waals surface area (Å²) in [6.45, 7) is 7.22. The molecule has 0 spiro atoms. The van der Waals surface area contributed by atoms with Crippen molar-refractivity contribution >= 4 is 17.2 Å². The van der Waals surface area contributed by atoms with Crippen molar-refractivity contribution in [1.29, 1.82) is 0 Å². The minimum Gasteiger partial charge on any atom is -0.111 e. The Bertz CT molecular complexity index is 866. The Balaban J connectivity index is 1.11. The van der Waals surface area contributed by atoms with Crippen LogP contribution in [-0.2, 0) is 17.7 Å². The van der Waals surface area contributed by atoms with E-state index in [1.165, 1.54) is 29.5 Å². The zero-order chi connectivity index (χ0) is 23.1. The van der Waals surface area contributed by atoms with Crippen molar-refractivity contribution in [1.82, 2.24) is 0 Å². The quantitative estimate of drug-likeness (QED) is 0.346. The largest absolute Gasteiger partial charge is 0.111 e. The molecule has 8 saturated carbocycles. The second-order valence-corrected chi connectivity index (χ2v) is 18.9. The summed E-state index contributed by atoms with van der Waals surface area (Å²) >= 11 is 0. The lowest BCUT2D eigenvalue weighted by atomic mass is 9.56. The monoisotopic (exact) mass is 494 g/mol. The fourth-order valence-electron chi connectivity index (χ4n) is 10.6. The van der Waals surface area contributed by atoms with E-state index in [2.05, 4.69) is 39.0 Å². The average molecular weight is 495 g/mol. The van der Waals surface area contributed by atoms with Gasteiger partial charge in [0, 0.05) is 0 Å². The molecule has 8 aliphatic rings. The highest BCUT2D eigenvalue weighted by Gasteiger charge is 2.51. The van der Waals surface area contributed by atoms with E-state index in [0.717, 1.165) is 45.8 Å². The molecule has 0 radical (unpaired) electrons. The number of hydrogen-bond donors (Lipinski definition) is 0. The summed E-state index contributed by atoms with van der Waals surface area (Å²) in [5, 5.41) is 1.49. The molecule has 0 aliphatic heterocycles. The molecule has 0 aromatic heterocycles. The summed E-state index contributed by atoms with van der Waals surface area (Å²) in [6.07, 6.45) is 21.8. The smallest absolute Gasteiger partial charge is 0.00926 e. The third kappa shape index (κ3) is 4.28. The molecule has 2 atom stereocenters. The van der Waals surface area contributed by atoms with Crippen LogP contribution in [-0.4, -0.2) is 10.3 Å². The van der Waals surface area contributed by atoms with E-state index in [1.54, 1.807) is 93.7 Å². The summed E-state index contributed by atoms with van der Waals surface area (Å²) in [6, 6.07) is 7.76. The van der Waals surface area contributed by atoms with E-state index in [9.17, 15) is 0 Å². The Morgan fingerprint density at radius 3 is 1.38 bits per heavy atom. The topological polar surface area (TPSA) is 0 Å². The first-order chi connectivity index (χ1) is 16.2. The SMILES string of the molecule is CC(C)(C)c1ccc(CPC23CC4CC(CC(C4)C2)C3)c(CPC23CC4CC(CC(C4)C2)C3)c1. The Morgan fingerprint density at radius 1 is 0.618 bits per heavy atom. The molecular weight excluding hydrogens is 446 g/mol. The second-order valence-electron chi connectivity index (χ2n) is 15.3. The van der Waals surface area contributed by atoms with Gasteiger partial charge in [-0.15, -0.1) is 17.2 Å². The van der Waals surface area contributed by atoms with Crippen molar-refractivity contribution < 1.29 is 0 Å². The molecule has 8 aliphatic carbocycles. The highest BCUT2D eigenvalue weighted by atomic mass is 31.1. The minimum absolute atomic E-state index is 0.263. The molecule has 0 saturated heterocycles. The van der Waals surface area contributed by atoms with Gasteiger partial charge in [0.25, 0.3) is 0 Å². The molecule has 0 nitrogen and oxygen atoms in total. The second kappa shape index (κ2) is 8.29. The van der Waals surface area contributed by atoms with Crippen LogP contribution in [0.3, 0.4) is 0 Å². The van der Waals surface area contributed by atoms with Crippen molar-refractivity contribution in [2.24, 2.45) is 35.5 Å². The van der Waals surface area contributed by atoms with Gasteiger partial charge in [0.1, 0.15) is 0 Å². The first-order valence-corrected chi connectivity index (χ1v) is 17.3. The van der Waals surface area contributed by atoms with Crippen molar-refractivity contribution in [2.45, 2.75) is 126 Å². The van der Waals surface area contributed by atoms with E-state index in [1.807, 2.05) is 0 Å². The van der Waals surface area contributed by atoms with Crippen LogP contribution in [0.4, 0.5) is 0 Å². The van der Waals surface area contributed by atoms with Crippen LogP contribution in [0.15, 0.2) is 18.2 Å². The van der Waals surface area contributed by atoms with E-state index < -0.39 is 0 Å². The Morgan fingerprint density at radius 2 is 1.00 bits per heavy atom. The van der Waals surface area contributed by atoms with Crippen LogP contribution in [0.1, 0.15) is 115 Å². The van der Waals surface area contributed by atoms with Crippen molar-refractivity contribution in [2.75, 3.05) is 0 Å². The Labute approximate surface area is 213 Å². The van der Waals surface area contributed by atoms with Gasteiger partial charge in [-0.2, -0.15) is 0 Å². The molecule has 8 bridgehead atoms. The van der Waals surface area contributed by atoms with E-state index in [-0.39, 0.29) is 5.41 Å². The summed E-state index contributed by atoms with van der Waals surface area (Å²) in [4.78, 5) is 0. The maximum atomic E-state index is 2.67. The molecule has 0 amide bonds. The first-order valence-electron chi connectivity index (χ1n) is 14.9. The number of benzene rings is 1. The fraction of sp³-hybridized carbons (Fsp3) is 0.812. The molecule has 34 heavy (non-hydrogen) atoms. The molecule has 2 heteroatoms. The zero-order valence-corrected chi connectivity index (χ0v) is 24.1. The molecule has 186 valence electrons. The van der Waals surface area contributed by atoms with Crippen molar-refractivity contribution in [3.8, 4) is 0 Å². The normalized spacial score (nSPS) is 44.9. The maximum Gasteiger partial charge on any atom is -0.00926 e. The third-order valence-electron chi connectivity index (χ3n) is 11.5. The van der Waals surface area contributed by atoms with Crippen molar-refractivity contribution in [3.05, 3.63) is 34.9 Å². The number of hydrogen-bond acceptors (Lipinski definition) is 0. The lowest BCUT2D eigenvalue weighted by Crippen LogP contribution is -2.48. The van der Waals surface area contributed by atoms with Gasteiger partial charge < -0.3 is 0 Å². The van der Waals surface area contributed by atoms with Crippen molar-refractivity contribution in [3.63, 3.8) is 0 Å². The first kappa shape index (κ1) is 23.2. The molecule has 8 fully saturated rings. The molecule has 2 unspecified atom stereocenters. The van der Waals surface area contributed by atoms with E-state index >= 15 is 0 Å². The minimum atomic E-state index is 0.263. The average Bonchev–Trinajstić information content (AvgIpc) is 2.74. The zero-order valence-electron chi connectivity index (χ0n) is 22.1. The van der Waals surface area contributed by atoms with Gasteiger partial charge in [0.05, 0.1) is 0 Å². The summed E-state index contributed by atoms with van der Waals surface area (Å²) in [7, 11) is 2.35. The molecule has 1 aromatic rings. The summed E-state index contributed by atoms with van der Waals surface area (Å²) in [5.74, 6) is 6.57. The van der Waals surface area contributed by atoms with Gasteiger partial charge in [0.2, 0.25) is 0 Å². The van der Waals surface area contributed by atoms with Crippen LogP contribution in [0.25, 0.3) is 0 Å². The molecule has 0 heterocycles. The van der Waals surface area contributed by atoms with Crippen LogP contribution < -0.4 is 0 Å². The number of rotatable bonds is 6. The Hall–Kier alpha value is 0.0800. The fourth-order valence-corrected chi connectivity index (χ4v) is 15.1. The molecule has 0 N–H and O–H groups in total. The lowest BCUT2D eigenvalue weighted by Gasteiger charge is -2.57. The Kier molecular flexibility index (Phi) is 5.66. The van der Waals surface area contributed by atoms with Gasteiger partial charge in [-0.05, 0) is 157 Å². The molecular formula is C32H48P2. The standard InChI is InChI=1S/C32H48P2/c1-30(2,3)29-5-4-27(19-33-31-13-21-6-22(14-31)8-23(7-21)15-31)28(12-29)20-34-32-16-24-9-25(17-32)11-26(10-24)18-32/h4-5,12,21-26,33-34H,6-11,13-20H2,1-3H3. The van der Waals surface area contributed by atoms with Crippen LogP contribution in [0.5, 0.6) is 0 Å². The van der Waals surface area contributed by atoms with Gasteiger partial charge in [0.15, 0.2) is 0 Å². The lowest BCUT2D eigenvalue weighted by molar-refractivity contribution is 0.0365. The van der Waals surface area contributed by atoms with Gasteiger partial charge in [-0.3, -0.25) is 0 Å². The highest BCUT2D eigenvalue weighted by Crippen LogP contribution is 2.64. The highest BCUT2D eigenvalue weighted by molar-refractivity contribution is 7.39. The van der Waals surface area contributed by atoms with Crippen LogP contribution in [0.2, 0.25) is 0 Å². The molecule has 9 rings (SSSR count). The summed E-state index contributed by atoms with van der Waals surface area (Å²) in [5.41, 5.74) is 5.34.